The fourth-order valence-corrected chi connectivity index (χ4v) is 2.11. The molecule has 1 amide bonds. The second kappa shape index (κ2) is 6.43. The molecule has 0 radical (unpaired) electrons. The summed E-state index contributed by atoms with van der Waals surface area (Å²) in [5, 5.41) is 2.87. The third kappa shape index (κ3) is 3.61. The van der Waals surface area contributed by atoms with Crippen molar-refractivity contribution in [2.75, 3.05) is 25.5 Å². The molecule has 0 unspecified atom stereocenters. The molecule has 0 saturated carbocycles. The molecule has 104 valence electrons. The third-order valence-corrected chi connectivity index (χ3v) is 3.06. The number of hydrogen-bond donors (Lipinski definition) is 2. The summed E-state index contributed by atoms with van der Waals surface area (Å²) in [7, 11) is 0. The maximum Gasteiger partial charge on any atom is 0.255 e. The molecule has 1 aliphatic heterocycles. The lowest BCUT2D eigenvalue weighted by Crippen LogP contribution is -2.32. The van der Waals surface area contributed by atoms with Crippen LogP contribution in [0.25, 0.3) is 0 Å². The lowest BCUT2D eigenvalue weighted by atomic mass is 10.1. The molecule has 1 fully saturated rings. The zero-order valence-electron chi connectivity index (χ0n) is 11.1. The molecular weight excluding hydrogens is 244 g/mol. The molecule has 0 aromatic heterocycles. The SMILES string of the molecule is CCOc1ccc(N)cc1C(=O)NC[C@@H]1CCCO1. The standard InChI is InChI=1S/C14H20N2O3/c1-2-18-13-6-5-10(15)8-12(13)14(17)16-9-11-4-3-7-19-11/h5-6,8,11H,2-4,7,9,15H2,1H3,(H,16,17)/t11-/m0/s1. The molecule has 0 aliphatic carbocycles. The van der Waals surface area contributed by atoms with Crippen LogP contribution >= 0.6 is 0 Å². The molecule has 1 saturated heterocycles. The van der Waals surface area contributed by atoms with E-state index < -0.39 is 0 Å². The Bertz CT molecular complexity index is 442. The Morgan fingerprint density at radius 1 is 1.58 bits per heavy atom. The lowest BCUT2D eigenvalue weighted by molar-refractivity contribution is 0.0855. The fourth-order valence-electron chi connectivity index (χ4n) is 2.11. The number of nitrogens with one attached hydrogen (secondary N) is 1. The normalized spacial score (nSPS) is 18.3. The van der Waals surface area contributed by atoms with Gasteiger partial charge in [0.1, 0.15) is 5.75 Å². The predicted molar refractivity (Wildman–Crippen MR) is 73.3 cm³/mol. The van der Waals surface area contributed by atoms with E-state index in [1.54, 1.807) is 18.2 Å². The monoisotopic (exact) mass is 264 g/mol. The number of hydrogen-bond acceptors (Lipinski definition) is 4. The minimum absolute atomic E-state index is 0.126. The van der Waals surface area contributed by atoms with Crippen LogP contribution in [0, 0.1) is 0 Å². The van der Waals surface area contributed by atoms with Crippen LogP contribution in [0.4, 0.5) is 5.69 Å². The molecule has 3 N–H and O–H groups in total. The number of carbonyl (C=O) groups is 1. The van der Waals surface area contributed by atoms with E-state index in [1.807, 2.05) is 6.92 Å². The Kier molecular flexibility index (Phi) is 4.63. The highest BCUT2D eigenvalue weighted by Gasteiger charge is 2.18. The zero-order chi connectivity index (χ0) is 13.7. The van der Waals surface area contributed by atoms with Gasteiger partial charge < -0.3 is 20.5 Å². The Hall–Kier alpha value is -1.75. The number of amides is 1. The number of nitrogen functional groups attached to an aromatic ring is 1. The Morgan fingerprint density at radius 2 is 2.42 bits per heavy atom. The number of ether oxygens (including phenoxy) is 2. The van der Waals surface area contributed by atoms with Crippen molar-refractivity contribution in [1.29, 1.82) is 0 Å². The van der Waals surface area contributed by atoms with Crippen molar-refractivity contribution >= 4 is 11.6 Å². The van der Waals surface area contributed by atoms with E-state index in [9.17, 15) is 4.79 Å². The van der Waals surface area contributed by atoms with Gasteiger partial charge in [-0.1, -0.05) is 0 Å². The topological polar surface area (TPSA) is 73.6 Å². The number of rotatable bonds is 5. The van der Waals surface area contributed by atoms with Crippen molar-refractivity contribution in [1.82, 2.24) is 5.32 Å². The van der Waals surface area contributed by atoms with Crippen LogP contribution in [0.15, 0.2) is 18.2 Å². The van der Waals surface area contributed by atoms with Gasteiger partial charge in [0.05, 0.1) is 18.3 Å². The molecule has 5 nitrogen and oxygen atoms in total. The van der Waals surface area contributed by atoms with Gasteiger partial charge in [0, 0.05) is 18.8 Å². The van der Waals surface area contributed by atoms with Crippen LogP contribution in [0.1, 0.15) is 30.1 Å². The van der Waals surface area contributed by atoms with Gasteiger partial charge in [-0.2, -0.15) is 0 Å². The number of anilines is 1. The summed E-state index contributed by atoms with van der Waals surface area (Å²) < 4.78 is 10.9. The number of carbonyl (C=O) groups excluding carboxylic acids is 1. The van der Waals surface area contributed by atoms with Crippen molar-refractivity contribution in [3.05, 3.63) is 23.8 Å². The molecule has 2 rings (SSSR count). The van der Waals surface area contributed by atoms with Crippen LogP contribution in [0.3, 0.4) is 0 Å². The highest BCUT2D eigenvalue weighted by molar-refractivity contribution is 5.97. The maximum absolute atomic E-state index is 12.1. The largest absolute Gasteiger partial charge is 0.493 e. The van der Waals surface area contributed by atoms with Gasteiger partial charge in [-0.3, -0.25) is 4.79 Å². The summed E-state index contributed by atoms with van der Waals surface area (Å²) in [5.74, 6) is 0.382. The van der Waals surface area contributed by atoms with E-state index in [0.29, 0.717) is 30.2 Å². The molecule has 1 aromatic carbocycles. The van der Waals surface area contributed by atoms with E-state index in [2.05, 4.69) is 5.32 Å². The van der Waals surface area contributed by atoms with Crippen LogP contribution in [0.5, 0.6) is 5.75 Å². The average Bonchev–Trinajstić information content (AvgIpc) is 2.91. The van der Waals surface area contributed by atoms with Crippen LogP contribution in [-0.2, 0) is 4.74 Å². The van der Waals surface area contributed by atoms with Crippen molar-refractivity contribution in [3.63, 3.8) is 0 Å². The van der Waals surface area contributed by atoms with Crippen molar-refractivity contribution in [2.24, 2.45) is 0 Å². The van der Waals surface area contributed by atoms with E-state index in [0.717, 1.165) is 19.4 Å². The van der Waals surface area contributed by atoms with Gasteiger partial charge in [0.15, 0.2) is 0 Å². The predicted octanol–water partition coefficient (Wildman–Crippen LogP) is 1.58. The second-order valence-corrected chi connectivity index (χ2v) is 4.53. The minimum atomic E-state index is -0.175. The smallest absolute Gasteiger partial charge is 0.255 e. The van der Waals surface area contributed by atoms with E-state index >= 15 is 0 Å². The Balaban J connectivity index is 2.02. The van der Waals surface area contributed by atoms with Gasteiger partial charge in [0.2, 0.25) is 0 Å². The molecule has 1 heterocycles. The molecule has 1 aromatic rings. The quantitative estimate of drug-likeness (QED) is 0.792. The molecule has 19 heavy (non-hydrogen) atoms. The first-order valence-corrected chi connectivity index (χ1v) is 6.63. The van der Waals surface area contributed by atoms with Crippen molar-refractivity contribution < 1.29 is 14.3 Å². The second-order valence-electron chi connectivity index (χ2n) is 4.53. The lowest BCUT2D eigenvalue weighted by Gasteiger charge is -2.13. The molecule has 1 aliphatic rings. The van der Waals surface area contributed by atoms with Gasteiger partial charge >= 0.3 is 0 Å². The van der Waals surface area contributed by atoms with Gasteiger partial charge in [-0.05, 0) is 38.0 Å². The first-order valence-electron chi connectivity index (χ1n) is 6.63. The zero-order valence-corrected chi connectivity index (χ0v) is 11.1. The molecular formula is C14H20N2O3. The first-order chi connectivity index (χ1) is 9.20. The van der Waals surface area contributed by atoms with Crippen LogP contribution in [0.2, 0.25) is 0 Å². The maximum atomic E-state index is 12.1. The molecule has 0 spiro atoms. The van der Waals surface area contributed by atoms with Gasteiger partial charge in [-0.25, -0.2) is 0 Å². The first kappa shape index (κ1) is 13.7. The van der Waals surface area contributed by atoms with Gasteiger partial charge in [0.25, 0.3) is 5.91 Å². The summed E-state index contributed by atoms with van der Waals surface area (Å²) in [6, 6.07) is 5.08. The van der Waals surface area contributed by atoms with E-state index in [1.165, 1.54) is 0 Å². The van der Waals surface area contributed by atoms with Crippen LogP contribution in [-0.4, -0.2) is 31.8 Å². The van der Waals surface area contributed by atoms with Crippen molar-refractivity contribution in [2.45, 2.75) is 25.9 Å². The Morgan fingerprint density at radius 3 is 3.11 bits per heavy atom. The van der Waals surface area contributed by atoms with E-state index in [4.69, 9.17) is 15.2 Å². The van der Waals surface area contributed by atoms with Crippen LogP contribution < -0.4 is 15.8 Å². The average molecular weight is 264 g/mol. The summed E-state index contributed by atoms with van der Waals surface area (Å²) in [4.78, 5) is 12.1. The summed E-state index contributed by atoms with van der Waals surface area (Å²) in [6.07, 6.45) is 2.18. The third-order valence-electron chi connectivity index (χ3n) is 3.06. The molecule has 1 atom stereocenters. The number of nitrogens with two attached hydrogens (primary N) is 1. The minimum Gasteiger partial charge on any atom is -0.493 e. The summed E-state index contributed by atoms with van der Waals surface area (Å²) >= 11 is 0. The van der Waals surface area contributed by atoms with Crippen molar-refractivity contribution in [3.8, 4) is 5.75 Å². The fraction of sp³-hybridized carbons (Fsp3) is 0.500. The highest BCUT2D eigenvalue weighted by Crippen LogP contribution is 2.21. The van der Waals surface area contributed by atoms with E-state index in [-0.39, 0.29) is 12.0 Å². The van der Waals surface area contributed by atoms with Gasteiger partial charge in [-0.15, -0.1) is 0 Å². The molecule has 5 heteroatoms. The number of benzene rings is 1. The molecule has 0 bridgehead atoms. The Labute approximate surface area is 113 Å². The highest BCUT2D eigenvalue weighted by atomic mass is 16.5. The summed E-state index contributed by atoms with van der Waals surface area (Å²) in [5.41, 5.74) is 6.74. The summed E-state index contributed by atoms with van der Waals surface area (Å²) in [6.45, 7) is 3.70.